The SMILES string of the molecule is CC1CCC(CNC2CC2)(OCC2CC2)CC1. The third kappa shape index (κ3) is 3.45. The Morgan fingerprint density at radius 3 is 2.35 bits per heavy atom. The molecule has 0 radical (unpaired) electrons. The van der Waals surface area contributed by atoms with Crippen molar-refractivity contribution in [3.63, 3.8) is 0 Å². The predicted octanol–water partition coefficient (Wildman–Crippen LogP) is 3.11. The molecule has 0 atom stereocenters. The summed E-state index contributed by atoms with van der Waals surface area (Å²) in [5.74, 6) is 1.81. The number of hydrogen-bond acceptors (Lipinski definition) is 2. The highest BCUT2D eigenvalue weighted by Crippen LogP contribution is 2.38. The lowest BCUT2D eigenvalue weighted by Gasteiger charge is -2.40. The molecular weight excluding hydrogens is 210 g/mol. The second kappa shape index (κ2) is 4.89. The predicted molar refractivity (Wildman–Crippen MR) is 70.1 cm³/mol. The first-order valence-electron chi connectivity index (χ1n) is 7.63. The molecule has 3 aliphatic carbocycles. The minimum Gasteiger partial charge on any atom is -0.373 e. The van der Waals surface area contributed by atoms with Crippen LogP contribution in [0.15, 0.2) is 0 Å². The first-order valence-corrected chi connectivity index (χ1v) is 7.63. The van der Waals surface area contributed by atoms with Crippen molar-refractivity contribution in [2.24, 2.45) is 11.8 Å². The van der Waals surface area contributed by atoms with Gasteiger partial charge in [-0.1, -0.05) is 6.92 Å². The van der Waals surface area contributed by atoms with E-state index in [4.69, 9.17) is 4.74 Å². The highest BCUT2D eigenvalue weighted by atomic mass is 16.5. The molecule has 2 nitrogen and oxygen atoms in total. The average Bonchev–Trinajstić information content (AvgIpc) is 3.21. The smallest absolute Gasteiger partial charge is 0.0806 e. The van der Waals surface area contributed by atoms with E-state index < -0.39 is 0 Å². The van der Waals surface area contributed by atoms with Gasteiger partial charge in [0.1, 0.15) is 0 Å². The standard InChI is InChI=1S/C15H27NO/c1-12-6-8-15(9-7-12,11-16-14-4-5-14)17-10-13-2-3-13/h12-14,16H,2-11H2,1H3. The Kier molecular flexibility index (Phi) is 3.45. The zero-order valence-corrected chi connectivity index (χ0v) is 11.2. The summed E-state index contributed by atoms with van der Waals surface area (Å²) in [6, 6.07) is 0.816. The molecule has 0 spiro atoms. The Bertz CT molecular complexity index is 232. The summed E-state index contributed by atoms with van der Waals surface area (Å²) in [7, 11) is 0. The molecule has 98 valence electrons. The summed E-state index contributed by atoms with van der Waals surface area (Å²) in [6.07, 6.45) is 10.9. The molecule has 0 saturated heterocycles. The molecule has 17 heavy (non-hydrogen) atoms. The van der Waals surface area contributed by atoms with E-state index in [9.17, 15) is 0 Å². The Labute approximate surface area is 105 Å². The lowest BCUT2D eigenvalue weighted by molar-refractivity contribution is -0.0794. The monoisotopic (exact) mass is 237 g/mol. The number of rotatable bonds is 6. The molecule has 3 aliphatic rings. The van der Waals surface area contributed by atoms with Crippen LogP contribution in [0, 0.1) is 11.8 Å². The molecule has 3 rings (SSSR count). The van der Waals surface area contributed by atoms with Gasteiger partial charge in [-0.15, -0.1) is 0 Å². The van der Waals surface area contributed by atoms with Crippen LogP contribution in [0.25, 0.3) is 0 Å². The van der Waals surface area contributed by atoms with Crippen molar-refractivity contribution in [3.05, 3.63) is 0 Å². The van der Waals surface area contributed by atoms with Crippen LogP contribution in [0.1, 0.15) is 58.3 Å². The third-order valence-corrected chi connectivity index (χ3v) is 4.80. The fraction of sp³-hybridized carbons (Fsp3) is 1.00. The lowest BCUT2D eigenvalue weighted by Crippen LogP contribution is -2.46. The van der Waals surface area contributed by atoms with Crippen molar-refractivity contribution in [1.29, 1.82) is 0 Å². The van der Waals surface area contributed by atoms with Crippen LogP contribution in [0.2, 0.25) is 0 Å². The second-order valence-electron chi connectivity index (χ2n) is 6.78. The summed E-state index contributed by atoms with van der Waals surface area (Å²) in [5.41, 5.74) is 0.192. The van der Waals surface area contributed by atoms with E-state index in [2.05, 4.69) is 12.2 Å². The first-order chi connectivity index (χ1) is 8.26. The van der Waals surface area contributed by atoms with Gasteiger partial charge in [-0.2, -0.15) is 0 Å². The third-order valence-electron chi connectivity index (χ3n) is 4.80. The van der Waals surface area contributed by atoms with E-state index in [0.717, 1.165) is 31.0 Å². The van der Waals surface area contributed by atoms with Crippen LogP contribution in [0.4, 0.5) is 0 Å². The Morgan fingerprint density at radius 1 is 1.06 bits per heavy atom. The molecule has 3 fully saturated rings. The minimum absolute atomic E-state index is 0.192. The van der Waals surface area contributed by atoms with E-state index in [1.54, 1.807) is 0 Å². The van der Waals surface area contributed by atoms with Crippen LogP contribution in [-0.4, -0.2) is 24.8 Å². The maximum absolute atomic E-state index is 6.36. The summed E-state index contributed by atoms with van der Waals surface area (Å²) in [4.78, 5) is 0. The van der Waals surface area contributed by atoms with Crippen LogP contribution in [0.3, 0.4) is 0 Å². The van der Waals surface area contributed by atoms with Gasteiger partial charge in [0.15, 0.2) is 0 Å². The molecule has 0 heterocycles. The van der Waals surface area contributed by atoms with Crippen LogP contribution in [-0.2, 0) is 4.74 Å². The topological polar surface area (TPSA) is 21.3 Å². The maximum atomic E-state index is 6.36. The van der Waals surface area contributed by atoms with Gasteiger partial charge in [0, 0.05) is 12.6 Å². The zero-order valence-electron chi connectivity index (χ0n) is 11.2. The molecule has 0 bridgehead atoms. The van der Waals surface area contributed by atoms with Gasteiger partial charge in [0.25, 0.3) is 0 Å². The van der Waals surface area contributed by atoms with E-state index in [1.807, 2.05) is 0 Å². The van der Waals surface area contributed by atoms with Gasteiger partial charge >= 0.3 is 0 Å². The van der Waals surface area contributed by atoms with E-state index in [1.165, 1.54) is 51.4 Å². The van der Waals surface area contributed by atoms with Gasteiger partial charge in [-0.3, -0.25) is 0 Å². The molecule has 3 saturated carbocycles. The van der Waals surface area contributed by atoms with Crippen molar-refractivity contribution in [2.45, 2.75) is 69.9 Å². The van der Waals surface area contributed by atoms with Gasteiger partial charge < -0.3 is 10.1 Å². The largest absolute Gasteiger partial charge is 0.373 e. The Balaban J connectivity index is 1.52. The Hall–Kier alpha value is -0.0800. The highest BCUT2D eigenvalue weighted by Gasteiger charge is 2.38. The van der Waals surface area contributed by atoms with Gasteiger partial charge in [0.2, 0.25) is 0 Å². The molecule has 2 heteroatoms. The molecule has 1 N–H and O–H groups in total. The quantitative estimate of drug-likeness (QED) is 0.766. The van der Waals surface area contributed by atoms with Gasteiger partial charge in [-0.25, -0.2) is 0 Å². The molecule has 0 unspecified atom stereocenters. The maximum Gasteiger partial charge on any atom is 0.0806 e. The highest BCUT2D eigenvalue weighted by molar-refractivity contribution is 4.92. The van der Waals surface area contributed by atoms with E-state index in [0.29, 0.717) is 0 Å². The first kappa shape index (κ1) is 12.0. The normalized spacial score (nSPS) is 38.3. The molecule has 0 amide bonds. The molecule has 0 aromatic carbocycles. The van der Waals surface area contributed by atoms with Crippen molar-refractivity contribution < 1.29 is 4.74 Å². The van der Waals surface area contributed by atoms with Gasteiger partial charge in [0.05, 0.1) is 12.2 Å². The van der Waals surface area contributed by atoms with Crippen molar-refractivity contribution in [1.82, 2.24) is 5.32 Å². The summed E-state index contributed by atoms with van der Waals surface area (Å²) in [5, 5.41) is 3.70. The van der Waals surface area contributed by atoms with E-state index in [-0.39, 0.29) is 5.60 Å². The van der Waals surface area contributed by atoms with Crippen molar-refractivity contribution in [2.75, 3.05) is 13.2 Å². The summed E-state index contributed by atoms with van der Waals surface area (Å²) < 4.78 is 6.36. The summed E-state index contributed by atoms with van der Waals surface area (Å²) in [6.45, 7) is 4.52. The number of hydrogen-bond donors (Lipinski definition) is 1. The lowest BCUT2D eigenvalue weighted by atomic mass is 9.79. The van der Waals surface area contributed by atoms with Crippen molar-refractivity contribution >= 4 is 0 Å². The van der Waals surface area contributed by atoms with Crippen LogP contribution in [0.5, 0.6) is 0 Å². The number of nitrogens with one attached hydrogen (secondary N) is 1. The molecule has 0 aromatic heterocycles. The number of ether oxygens (including phenoxy) is 1. The van der Waals surface area contributed by atoms with E-state index >= 15 is 0 Å². The average molecular weight is 237 g/mol. The Morgan fingerprint density at radius 2 is 1.76 bits per heavy atom. The van der Waals surface area contributed by atoms with Gasteiger partial charge in [-0.05, 0) is 63.2 Å². The molecule has 0 aromatic rings. The van der Waals surface area contributed by atoms with Crippen molar-refractivity contribution in [3.8, 4) is 0 Å². The fourth-order valence-electron chi connectivity index (χ4n) is 2.86. The minimum atomic E-state index is 0.192. The molecular formula is C15H27NO. The fourth-order valence-corrected chi connectivity index (χ4v) is 2.86. The zero-order chi connectivity index (χ0) is 11.7. The second-order valence-corrected chi connectivity index (χ2v) is 6.78. The summed E-state index contributed by atoms with van der Waals surface area (Å²) >= 11 is 0. The van der Waals surface area contributed by atoms with Crippen LogP contribution < -0.4 is 5.32 Å². The van der Waals surface area contributed by atoms with Crippen LogP contribution >= 0.6 is 0 Å². The molecule has 0 aliphatic heterocycles.